The summed E-state index contributed by atoms with van der Waals surface area (Å²) in [5, 5.41) is 18.0. The van der Waals surface area contributed by atoms with Crippen molar-refractivity contribution in [1.82, 2.24) is 5.23 Å². The minimum Gasteiger partial charge on any atom is -1.00 e. The normalized spacial score (nSPS) is 10.0. The van der Waals surface area contributed by atoms with Gasteiger partial charge < -0.3 is 13.1 Å². The summed E-state index contributed by atoms with van der Waals surface area (Å²) in [6.45, 7) is 2.73. The molecule has 5 nitrogen and oxygen atoms in total. The molecule has 0 heterocycles. The fourth-order valence-electron chi connectivity index (χ4n) is 0.505. The summed E-state index contributed by atoms with van der Waals surface area (Å²) in [6, 6.07) is 0. The zero-order valence-electron chi connectivity index (χ0n) is 9.40. The zero-order valence-corrected chi connectivity index (χ0v) is 9.61. The molecule has 72 valence electrons. The molecule has 12 heavy (non-hydrogen) atoms. The Labute approximate surface area is 105 Å². The van der Waals surface area contributed by atoms with Crippen molar-refractivity contribution in [3.05, 3.63) is 0 Å². The summed E-state index contributed by atoms with van der Waals surface area (Å²) in [5.41, 5.74) is 0. The van der Waals surface area contributed by atoms with Crippen molar-refractivity contribution in [3.63, 3.8) is 0 Å². The van der Waals surface area contributed by atoms with Crippen molar-refractivity contribution >= 4 is 37.7 Å². The molecule has 0 aromatic carbocycles. The molecule has 0 aromatic rings. The maximum Gasteiger partial charge on any atom is 2.00 e. The van der Waals surface area contributed by atoms with Gasteiger partial charge in [0.15, 0.2) is 0 Å². The van der Waals surface area contributed by atoms with Crippen LogP contribution in [0.15, 0.2) is 0 Å². The van der Waals surface area contributed by atoms with Crippen LogP contribution in [0.3, 0.4) is 0 Å². The van der Waals surface area contributed by atoms with Crippen LogP contribution in [0.25, 0.3) is 0 Å². The summed E-state index contributed by atoms with van der Waals surface area (Å²) >= 11 is 0. The van der Waals surface area contributed by atoms with Gasteiger partial charge in [0.05, 0.1) is 26.4 Å². The van der Waals surface area contributed by atoms with E-state index in [4.69, 9.17) is 19.9 Å². The zero-order chi connectivity index (χ0) is 8.53. The fourth-order valence-corrected chi connectivity index (χ4v) is 0.505. The Bertz CT molecular complexity index is 86.2. The molecule has 0 spiro atoms. The van der Waals surface area contributed by atoms with Gasteiger partial charge in [-0.25, -0.2) is 0 Å². The van der Waals surface area contributed by atoms with E-state index in [0.717, 1.165) is 0 Å². The van der Waals surface area contributed by atoms with Crippen LogP contribution in [-0.2, 0) is 9.68 Å². The van der Waals surface area contributed by atoms with E-state index in [0.29, 0.717) is 6.54 Å². The summed E-state index contributed by atoms with van der Waals surface area (Å²) < 4.78 is 0. The Morgan fingerprint density at radius 3 is 1.83 bits per heavy atom. The van der Waals surface area contributed by atoms with Crippen molar-refractivity contribution < 1.29 is 22.7 Å². The van der Waals surface area contributed by atoms with Crippen molar-refractivity contribution in [1.29, 1.82) is 0 Å². The van der Waals surface area contributed by atoms with Crippen LogP contribution in [0.5, 0.6) is 0 Å². The van der Waals surface area contributed by atoms with Gasteiger partial charge in [0.2, 0.25) is 0 Å². The second-order valence-corrected chi connectivity index (χ2v) is 1.76. The van der Waals surface area contributed by atoms with Gasteiger partial charge in [0.1, 0.15) is 0 Å². The van der Waals surface area contributed by atoms with Gasteiger partial charge in [-0.15, -0.1) is 0 Å². The van der Waals surface area contributed by atoms with Gasteiger partial charge in [0.25, 0.3) is 0 Å². The van der Waals surface area contributed by atoms with E-state index in [1.807, 2.05) is 6.92 Å². The number of aliphatic hydroxyl groups is 2. The van der Waals surface area contributed by atoms with E-state index in [-0.39, 0.29) is 67.0 Å². The number of nitrogens with zero attached hydrogens (tertiary/aromatic N) is 1. The van der Waals surface area contributed by atoms with Crippen molar-refractivity contribution in [2.75, 3.05) is 33.0 Å². The third-order valence-corrected chi connectivity index (χ3v) is 0.911. The van der Waals surface area contributed by atoms with Crippen LogP contribution >= 0.6 is 0 Å². The first-order valence-electron chi connectivity index (χ1n) is 3.60. The first-order chi connectivity index (χ1) is 5.35. The van der Waals surface area contributed by atoms with Crippen molar-refractivity contribution in [3.8, 4) is 0 Å². The van der Waals surface area contributed by atoms with Crippen LogP contribution in [-0.4, -0.2) is 86.2 Å². The molecule has 0 aliphatic carbocycles. The first kappa shape index (κ1) is 15.5. The molecule has 0 aromatic heterocycles. The molecule has 2 N–H and O–H groups in total. The number of hydroxylamine groups is 2. The van der Waals surface area contributed by atoms with E-state index in [1.165, 1.54) is 5.23 Å². The summed E-state index contributed by atoms with van der Waals surface area (Å²) in [7, 11) is 0. The number of hydrogen-bond acceptors (Lipinski definition) is 5. The van der Waals surface area contributed by atoms with Crippen LogP contribution in [0.1, 0.15) is 9.78 Å². The van der Waals surface area contributed by atoms with E-state index in [9.17, 15) is 0 Å². The van der Waals surface area contributed by atoms with Gasteiger partial charge in [-0.1, -0.05) is 5.23 Å². The second-order valence-electron chi connectivity index (χ2n) is 1.76. The summed E-state index contributed by atoms with van der Waals surface area (Å²) in [4.78, 5) is 9.78. The average Bonchev–Trinajstić information content (AvgIpc) is 2.05. The van der Waals surface area contributed by atoms with Crippen molar-refractivity contribution in [2.45, 2.75) is 6.92 Å². The predicted octanol–water partition coefficient (Wildman–Crippen LogP) is -1.000. The molecular formula is C6H17CaNO4. The van der Waals surface area contributed by atoms with Crippen LogP contribution in [0.4, 0.5) is 0 Å². The molecule has 0 unspecified atom stereocenters. The van der Waals surface area contributed by atoms with E-state index in [1.54, 1.807) is 0 Å². The molecule has 0 atom stereocenters. The standard InChI is InChI=1S/C6H15NO4.Ca.2H/c1-2-7(10-5-3-8)11-6-4-9;;;/h8-9H,2-6H2,1H3;;;/q;+2;2*-1. The molecule has 0 aliphatic rings. The molecule has 0 aliphatic heterocycles. The molecule has 0 rings (SSSR count). The Morgan fingerprint density at radius 1 is 1.17 bits per heavy atom. The quantitative estimate of drug-likeness (QED) is 0.414. The smallest absolute Gasteiger partial charge is 1.00 e. The minimum atomic E-state index is -0.0427. The molecule has 6 heteroatoms. The molecule has 0 bridgehead atoms. The van der Waals surface area contributed by atoms with E-state index >= 15 is 0 Å². The topological polar surface area (TPSA) is 62.2 Å². The number of rotatable bonds is 7. The molecule has 0 saturated heterocycles. The SMILES string of the molecule is CCN(OCCO)OCCO.[Ca+2].[H-].[H-]. The average molecular weight is 207 g/mol. The van der Waals surface area contributed by atoms with Gasteiger partial charge in [-0.05, 0) is 6.92 Å². The monoisotopic (exact) mass is 207 g/mol. The van der Waals surface area contributed by atoms with E-state index < -0.39 is 0 Å². The Kier molecular flexibility index (Phi) is 15.6. The van der Waals surface area contributed by atoms with E-state index in [2.05, 4.69) is 0 Å². The van der Waals surface area contributed by atoms with Crippen LogP contribution in [0, 0.1) is 0 Å². The molecule has 0 radical (unpaired) electrons. The second kappa shape index (κ2) is 12.1. The molecule has 0 fully saturated rings. The predicted molar refractivity (Wildman–Crippen MR) is 46.4 cm³/mol. The van der Waals surface area contributed by atoms with Gasteiger partial charge in [-0.2, -0.15) is 0 Å². The largest absolute Gasteiger partial charge is 2.00 e. The fraction of sp³-hybridized carbons (Fsp3) is 1.00. The minimum absolute atomic E-state index is 0. The maximum atomic E-state index is 8.38. The van der Waals surface area contributed by atoms with Crippen LogP contribution < -0.4 is 0 Å². The van der Waals surface area contributed by atoms with Gasteiger partial charge in [-0.3, -0.25) is 9.68 Å². The number of aliphatic hydroxyl groups excluding tert-OH is 2. The molecule has 0 saturated carbocycles. The maximum absolute atomic E-state index is 8.38. The Hall–Kier alpha value is 1.06. The van der Waals surface area contributed by atoms with Crippen LogP contribution in [0.2, 0.25) is 0 Å². The Balaban J connectivity index is -0.000000167. The van der Waals surface area contributed by atoms with Gasteiger partial charge >= 0.3 is 37.7 Å². The van der Waals surface area contributed by atoms with Crippen molar-refractivity contribution in [2.24, 2.45) is 0 Å². The molecule has 0 amide bonds. The summed E-state index contributed by atoms with van der Waals surface area (Å²) in [5.74, 6) is 0. The van der Waals surface area contributed by atoms with Gasteiger partial charge in [0, 0.05) is 6.54 Å². The third-order valence-electron chi connectivity index (χ3n) is 0.911. The molecular weight excluding hydrogens is 190 g/mol. The number of hydrogen-bond donors (Lipinski definition) is 2. The summed E-state index contributed by atoms with van der Waals surface area (Å²) in [6.07, 6.45) is 0. The Morgan fingerprint density at radius 2 is 1.58 bits per heavy atom. The third kappa shape index (κ3) is 9.15. The first-order valence-corrected chi connectivity index (χ1v) is 3.60.